The van der Waals surface area contributed by atoms with Crippen molar-refractivity contribution in [2.24, 2.45) is 0 Å². The average Bonchev–Trinajstić information content (AvgIpc) is 3.31. The lowest BCUT2D eigenvalue weighted by molar-refractivity contribution is -0.288. The summed E-state index contributed by atoms with van der Waals surface area (Å²) in [5.41, 5.74) is 0.503. The van der Waals surface area contributed by atoms with Crippen molar-refractivity contribution in [2.75, 3.05) is 13.7 Å². The van der Waals surface area contributed by atoms with Gasteiger partial charge in [-0.15, -0.1) is 0 Å². The highest BCUT2D eigenvalue weighted by atomic mass is 16.7. The van der Waals surface area contributed by atoms with E-state index < -0.39 is 90.5 Å². The summed E-state index contributed by atoms with van der Waals surface area (Å²) in [6, 6.07) is 20.1. The smallest absolute Gasteiger partial charge is 0.331 e. The molecule has 6 rings (SSSR count). The van der Waals surface area contributed by atoms with Gasteiger partial charge in [0, 0.05) is 77.5 Å². The maximum Gasteiger partial charge on any atom is 0.331 e. The molecule has 380 valence electrons. The molecule has 1 saturated heterocycles. The molecule has 1 aromatic heterocycles. The highest BCUT2D eigenvalue weighted by molar-refractivity contribution is 5.90. The molecule has 5 aromatic rings. The second-order valence-electron chi connectivity index (χ2n) is 15.7. The van der Waals surface area contributed by atoms with E-state index in [1.807, 2.05) is 0 Å². The van der Waals surface area contributed by atoms with Gasteiger partial charge in [0.05, 0.1) is 7.11 Å². The summed E-state index contributed by atoms with van der Waals surface area (Å²) in [7, 11) is 1.28. The molecule has 0 saturated carbocycles. The number of esters is 8. The minimum absolute atomic E-state index is 0.0274. The SMILES string of the molecule is COc1cc(-c2cc(=O)c3c(OC(C)=O)cc(OC(C)=O)cc3o2)ccc1O[C@@H]1O[C@H](COC(=O)/C=C\c2ccc(OC(C)=O)cc2)[C@@H](OC(C)=O)[C@H](OC(C)=O)[C@H]1OC(=O)/C=C\c1ccc(OC(C)=O)cc1. The zero-order valence-corrected chi connectivity index (χ0v) is 40.1. The van der Waals surface area contributed by atoms with E-state index in [9.17, 15) is 43.2 Å². The van der Waals surface area contributed by atoms with Crippen LogP contribution in [0.15, 0.2) is 106 Å². The van der Waals surface area contributed by atoms with Crippen LogP contribution in [0.4, 0.5) is 0 Å². The fourth-order valence-electron chi connectivity index (χ4n) is 7.11. The van der Waals surface area contributed by atoms with E-state index in [1.54, 1.807) is 24.3 Å². The van der Waals surface area contributed by atoms with Crippen molar-refractivity contribution in [3.8, 4) is 45.8 Å². The van der Waals surface area contributed by atoms with Gasteiger partial charge in [0.15, 0.2) is 29.1 Å². The molecule has 21 heteroatoms. The van der Waals surface area contributed by atoms with Crippen molar-refractivity contribution in [3.63, 3.8) is 0 Å². The van der Waals surface area contributed by atoms with Crippen LogP contribution in [-0.2, 0) is 62.0 Å². The Hall–Kier alpha value is -9.11. The molecule has 21 nitrogen and oxygen atoms in total. The molecule has 0 aliphatic carbocycles. The van der Waals surface area contributed by atoms with Crippen molar-refractivity contribution in [1.29, 1.82) is 0 Å². The third kappa shape index (κ3) is 14.9. The Bertz CT molecular complexity index is 3040. The maximum absolute atomic E-state index is 13.7. The summed E-state index contributed by atoms with van der Waals surface area (Å²) in [5.74, 6) is -6.13. The molecule has 1 aliphatic rings. The largest absolute Gasteiger partial charge is 0.493 e. The summed E-state index contributed by atoms with van der Waals surface area (Å²) in [5, 5.41) is -0.123. The highest BCUT2D eigenvalue weighted by Crippen LogP contribution is 2.38. The predicted octanol–water partition coefficient (Wildman–Crippen LogP) is 6.02. The third-order valence-corrected chi connectivity index (χ3v) is 9.92. The number of benzene rings is 4. The Morgan fingerprint density at radius 3 is 1.63 bits per heavy atom. The van der Waals surface area contributed by atoms with Gasteiger partial charge in [0.25, 0.3) is 0 Å². The number of carbonyl (C=O) groups is 8. The van der Waals surface area contributed by atoms with Gasteiger partial charge in [0.1, 0.15) is 52.4 Å². The van der Waals surface area contributed by atoms with Crippen LogP contribution in [0.25, 0.3) is 34.4 Å². The summed E-state index contributed by atoms with van der Waals surface area (Å²) in [6.07, 6.45) is -3.33. The van der Waals surface area contributed by atoms with Crippen LogP contribution in [0, 0.1) is 0 Å². The quantitative estimate of drug-likeness (QED) is 0.0446. The van der Waals surface area contributed by atoms with Crippen LogP contribution < -0.4 is 33.8 Å². The van der Waals surface area contributed by atoms with Crippen LogP contribution in [0.1, 0.15) is 52.7 Å². The molecule has 1 fully saturated rings. The Balaban J connectivity index is 1.35. The van der Waals surface area contributed by atoms with Crippen molar-refractivity contribution >= 4 is 70.9 Å². The van der Waals surface area contributed by atoms with Crippen molar-refractivity contribution < 1.29 is 94.9 Å². The van der Waals surface area contributed by atoms with Gasteiger partial charge >= 0.3 is 47.8 Å². The first kappa shape index (κ1) is 53.2. The fourth-order valence-corrected chi connectivity index (χ4v) is 7.11. The zero-order valence-electron chi connectivity index (χ0n) is 40.1. The van der Waals surface area contributed by atoms with Crippen LogP contribution in [0.2, 0.25) is 0 Å². The van der Waals surface area contributed by atoms with E-state index in [0.29, 0.717) is 11.1 Å². The van der Waals surface area contributed by atoms with Crippen molar-refractivity contribution in [3.05, 3.63) is 118 Å². The second kappa shape index (κ2) is 24.1. The Morgan fingerprint density at radius 1 is 0.534 bits per heavy atom. The van der Waals surface area contributed by atoms with E-state index in [0.717, 1.165) is 45.9 Å². The molecule has 0 radical (unpaired) electrons. The first-order valence-corrected chi connectivity index (χ1v) is 21.9. The third-order valence-electron chi connectivity index (χ3n) is 9.92. The molecule has 4 aromatic carbocycles. The maximum atomic E-state index is 13.7. The minimum atomic E-state index is -1.76. The molecule has 0 unspecified atom stereocenters. The highest BCUT2D eigenvalue weighted by Gasteiger charge is 2.53. The van der Waals surface area contributed by atoms with Gasteiger partial charge in [-0.3, -0.25) is 33.6 Å². The molecule has 73 heavy (non-hydrogen) atoms. The lowest BCUT2D eigenvalue weighted by Crippen LogP contribution is -2.63. The molecular weight excluding hydrogens is 961 g/mol. The van der Waals surface area contributed by atoms with E-state index >= 15 is 0 Å². The van der Waals surface area contributed by atoms with Gasteiger partial charge in [-0.2, -0.15) is 0 Å². The minimum Gasteiger partial charge on any atom is -0.493 e. The van der Waals surface area contributed by atoms with E-state index in [1.165, 1.54) is 87.7 Å². The van der Waals surface area contributed by atoms with Crippen LogP contribution in [0.5, 0.6) is 34.5 Å². The topological polar surface area (TPSA) is 268 Å². The number of hydrogen-bond donors (Lipinski definition) is 0. The lowest BCUT2D eigenvalue weighted by Gasteiger charge is -2.44. The fraction of sp³-hybridized carbons (Fsp3) is 0.250. The first-order chi connectivity index (χ1) is 34.7. The van der Waals surface area contributed by atoms with Gasteiger partial charge in [-0.25, -0.2) is 9.59 Å². The molecule has 5 atom stereocenters. The molecular formula is C52H46O21. The summed E-state index contributed by atoms with van der Waals surface area (Å²) in [4.78, 5) is 112. The molecule has 0 amide bonds. The Morgan fingerprint density at radius 2 is 1.08 bits per heavy atom. The van der Waals surface area contributed by atoms with Crippen molar-refractivity contribution in [2.45, 2.75) is 72.2 Å². The van der Waals surface area contributed by atoms with E-state index in [4.69, 9.17) is 56.5 Å². The summed E-state index contributed by atoms with van der Waals surface area (Å²) < 4.78 is 67.5. The summed E-state index contributed by atoms with van der Waals surface area (Å²) >= 11 is 0. The molecule has 0 N–H and O–H groups in total. The summed E-state index contributed by atoms with van der Waals surface area (Å²) in [6.45, 7) is 6.22. The number of ether oxygens (including phenoxy) is 11. The van der Waals surface area contributed by atoms with Crippen molar-refractivity contribution in [1.82, 2.24) is 0 Å². The lowest BCUT2D eigenvalue weighted by atomic mass is 9.98. The van der Waals surface area contributed by atoms with Crippen LogP contribution >= 0.6 is 0 Å². The number of hydrogen-bond acceptors (Lipinski definition) is 21. The average molecular weight is 1010 g/mol. The number of methoxy groups -OCH3 is 1. The number of rotatable bonds is 17. The standard InChI is InChI=1S/C52H46O21/c1-27(53)64-36-15-8-33(9-16-36)12-20-46(60)63-26-45-49(68-31(5)57)50(69-32(6)58)51(73-47(61)21-13-34-10-17-37(18-11-34)65-28(2)54)52(72-45)71-40-19-14-35(22-42(40)62-7)41-25-39(59)48-43(67-30(4)56)23-38(66-29(3)55)24-44(48)70-41/h8-25,45,49-52H,26H2,1-7H3/b20-12-,21-13-/t45-,49-,50+,51-,52-/m1/s1. The molecule has 2 heterocycles. The van der Waals surface area contributed by atoms with Gasteiger partial charge in [0.2, 0.25) is 12.4 Å². The van der Waals surface area contributed by atoms with Gasteiger partial charge in [-0.1, -0.05) is 24.3 Å². The predicted molar refractivity (Wildman–Crippen MR) is 252 cm³/mol. The number of fused-ring (bicyclic) bond motifs is 1. The zero-order chi connectivity index (χ0) is 52.9. The normalized spacial score (nSPS) is 17.2. The first-order valence-electron chi connectivity index (χ1n) is 21.9. The Labute approximate surface area is 415 Å². The van der Waals surface area contributed by atoms with Crippen LogP contribution in [-0.4, -0.2) is 92.2 Å². The second-order valence-corrected chi connectivity index (χ2v) is 15.7. The molecule has 0 bridgehead atoms. The molecule has 1 aliphatic heterocycles. The van der Waals surface area contributed by atoms with E-state index in [-0.39, 0.29) is 56.8 Å². The monoisotopic (exact) mass is 1010 g/mol. The Kier molecular flexibility index (Phi) is 17.6. The number of carbonyl (C=O) groups excluding carboxylic acids is 8. The van der Waals surface area contributed by atoms with Gasteiger partial charge in [-0.05, 0) is 65.7 Å². The van der Waals surface area contributed by atoms with E-state index in [2.05, 4.69) is 0 Å². The molecule has 0 spiro atoms. The van der Waals surface area contributed by atoms with Gasteiger partial charge < -0.3 is 56.5 Å². The van der Waals surface area contributed by atoms with Crippen LogP contribution in [0.3, 0.4) is 0 Å².